The third-order valence-electron chi connectivity index (χ3n) is 1.15. The van der Waals surface area contributed by atoms with E-state index in [4.69, 9.17) is 14.6 Å². The van der Waals surface area contributed by atoms with Crippen molar-refractivity contribution in [3.8, 4) is 0 Å². The van der Waals surface area contributed by atoms with Gasteiger partial charge in [-0.3, -0.25) is 0 Å². The number of carboxylic acids is 1. The predicted molar refractivity (Wildman–Crippen MR) is 39.5 cm³/mol. The Morgan fingerprint density at radius 2 is 2.18 bits per heavy atom. The molecule has 1 N–H and O–H groups in total. The van der Waals surface area contributed by atoms with E-state index < -0.39 is 12.1 Å². The molecule has 4 nitrogen and oxygen atoms in total. The summed E-state index contributed by atoms with van der Waals surface area (Å²) in [6.45, 7) is 4.79. The van der Waals surface area contributed by atoms with Gasteiger partial charge in [0.05, 0.1) is 13.2 Å². The van der Waals surface area contributed by atoms with Gasteiger partial charge in [-0.2, -0.15) is 0 Å². The van der Waals surface area contributed by atoms with E-state index in [0.29, 0.717) is 19.8 Å². The summed E-state index contributed by atoms with van der Waals surface area (Å²) < 4.78 is 9.83. The van der Waals surface area contributed by atoms with Gasteiger partial charge in [0.2, 0.25) is 0 Å². The second-order valence-electron chi connectivity index (χ2n) is 2.05. The molecule has 0 saturated heterocycles. The lowest BCUT2D eigenvalue weighted by atomic mass is 10.4. The average molecular weight is 162 g/mol. The van der Waals surface area contributed by atoms with E-state index >= 15 is 0 Å². The van der Waals surface area contributed by atoms with Crippen molar-refractivity contribution in [1.29, 1.82) is 0 Å². The van der Waals surface area contributed by atoms with Crippen LogP contribution in [0.2, 0.25) is 0 Å². The van der Waals surface area contributed by atoms with E-state index in [1.165, 1.54) is 6.92 Å². The molecule has 0 heterocycles. The summed E-state index contributed by atoms with van der Waals surface area (Å²) in [6.07, 6.45) is -0.740. The van der Waals surface area contributed by atoms with Crippen molar-refractivity contribution in [3.63, 3.8) is 0 Å². The van der Waals surface area contributed by atoms with E-state index in [1.54, 1.807) is 0 Å². The highest BCUT2D eigenvalue weighted by atomic mass is 16.5. The van der Waals surface area contributed by atoms with Gasteiger partial charge in [0.25, 0.3) is 0 Å². The monoisotopic (exact) mass is 162 g/mol. The van der Waals surface area contributed by atoms with Crippen LogP contribution < -0.4 is 0 Å². The quantitative estimate of drug-likeness (QED) is 0.578. The number of carbonyl (C=O) groups is 1. The SMILES string of the molecule is CCOCCO[C@H](C)C(=O)O. The Morgan fingerprint density at radius 3 is 2.64 bits per heavy atom. The van der Waals surface area contributed by atoms with Crippen LogP contribution in [0, 0.1) is 0 Å². The number of hydrogen-bond donors (Lipinski definition) is 1. The molecule has 4 heteroatoms. The van der Waals surface area contributed by atoms with Gasteiger partial charge >= 0.3 is 5.97 Å². The lowest BCUT2D eigenvalue weighted by Crippen LogP contribution is -2.21. The molecule has 0 bridgehead atoms. The highest BCUT2D eigenvalue weighted by Crippen LogP contribution is 1.89. The zero-order chi connectivity index (χ0) is 8.69. The third-order valence-corrected chi connectivity index (χ3v) is 1.15. The Morgan fingerprint density at radius 1 is 1.55 bits per heavy atom. The maximum absolute atomic E-state index is 10.2. The van der Waals surface area contributed by atoms with E-state index in [-0.39, 0.29) is 0 Å². The summed E-state index contributed by atoms with van der Waals surface area (Å²) in [6, 6.07) is 0. The summed E-state index contributed by atoms with van der Waals surface area (Å²) in [4.78, 5) is 10.2. The Kier molecular flexibility index (Phi) is 5.78. The van der Waals surface area contributed by atoms with Gasteiger partial charge in [0.15, 0.2) is 6.10 Å². The molecule has 0 amide bonds. The molecule has 0 aliphatic carbocycles. The van der Waals surface area contributed by atoms with E-state index in [2.05, 4.69) is 0 Å². The first-order valence-electron chi connectivity index (χ1n) is 3.60. The molecule has 66 valence electrons. The molecule has 0 aliphatic heterocycles. The molecule has 0 radical (unpaired) electrons. The fraction of sp³-hybridized carbons (Fsp3) is 0.857. The van der Waals surface area contributed by atoms with Gasteiger partial charge < -0.3 is 14.6 Å². The van der Waals surface area contributed by atoms with Crippen LogP contribution in [-0.2, 0) is 14.3 Å². The van der Waals surface area contributed by atoms with Crippen LogP contribution in [0.15, 0.2) is 0 Å². The van der Waals surface area contributed by atoms with Gasteiger partial charge in [0, 0.05) is 6.61 Å². The number of carboxylic acid groups (broad SMARTS) is 1. The van der Waals surface area contributed by atoms with Crippen LogP contribution in [-0.4, -0.2) is 37.0 Å². The molecule has 1 atom stereocenters. The second-order valence-corrected chi connectivity index (χ2v) is 2.05. The van der Waals surface area contributed by atoms with Crippen LogP contribution in [0.4, 0.5) is 0 Å². The van der Waals surface area contributed by atoms with Gasteiger partial charge in [-0.25, -0.2) is 4.79 Å². The molecule has 0 spiro atoms. The summed E-state index contributed by atoms with van der Waals surface area (Å²) >= 11 is 0. The van der Waals surface area contributed by atoms with Crippen LogP contribution in [0.1, 0.15) is 13.8 Å². The molecular formula is C7H14O4. The molecule has 0 fully saturated rings. The molecule has 0 saturated carbocycles. The number of aliphatic carboxylic acids is 1. The fourth-order valence-corrected chi connectivity index (χ4v) is 0.499. The number of hydrogen-bond acceptors (Lipinski definition) is 3. The molecule has 0 rings (SSSR count). The summed E-state index contributed by atoms with van der Waals surface area (Å²) in [5.74, 6) is -0.943. The summed E-state index contributed by atoms with van der Waals surface area (Å²) in [5.41, 5.74) is 0. The molecular weight excluding hydrogens is 148 g/mol. The molecule has 0 aromatic rings. The fourth-order valence-electron chi connectivity index (χ4n) is 0.499. The van der Waals surface area contributed by atoms with Crippen molar-refractivity contribution in [2.24, 2.45) is 0 Å². The first-order valence-corrected chi connectivity index (χ1v) is 3.60. The number of ether oxygens (including phenoxy) is 2. The predicted octanol–water partition coefficient (Wildman–Crippen LogP) is 0.513. The van der Waals surface area contributed by atoms with E-state index in [9.17, 15) is 4.79 Å². The highest BCUT2D eigenvalue weighted by molar-refractivity contribution is 5.71. The van der Waals surface area contributed by atoms with E-state index in [0.717, 1.165) is 0 Å². The molecule has 0 unspecified atom stereocenters. The van der Waals surface area contributed by atoms with Crippen LogP contribution in [0.5, 0.6) is 0 Å². The highest BCUT2D eigenvalue weighted by Gasteiger charge is 2.09. The maximum Gasteiger partial charge on any atom is 0.332 e. The lowest BCUT2D eigenvalue weighted by molar-refractivity contribution is -0.149. The van der Waals surface area contributed by atoms with E-state index in [1.807, 2.05) is 6.92 Å². The topological polar surface area (TPSA) is 55.8 Å². The first kappa shape index (κ1) is 10.4. The minimum absolute atomic E-state index is 0.335. The third kappa shape index (κ3) is 5.82. The summed E-state index contributed by atoms with van der Waals surface area (Å²) in [7, 11) is 0. The van der Waals surface area contributed by atoms with Gasteiger partial charge in [-0.1, -0.05) is 0 Å². The second kappa shape index (κ2) is 6.12. The Balaban J connectivity index is 3.17. The zero-order valence-electron chi connectivity index (χ0n) is 6.87. The first-order chi connectivity index (χ1) is 5.18. The molecule has 0 aromatic carbocycles. The lowest BCUT2D eigenvalue weighted by Gasteiger charge is -2.07. The number of rotatable bonds is 6. The Bertz CT molecular complexity index is 113. The zero-order valence-corrected chi connectivity index (χ0v) is 6.87. The average Bonchev–Trinajstić information content (AvgIpc) is 1.97. The minimum atomic E-state index is -0.943. The van der Waals surface area contributed by atoms with Crippen LogP contribution >= 0.6 is 0 Å². The minimum Gasteiger partial charge on any atom is -0.479 e. The molecule has 0 aromatic heterocycles. The van der Waals surface area contributed by atoms with Gasteiger partial charge in [0.1, 0.15) is 0 Å². The van der Waals surface area contributed by atoms with Crippen molar-refractivity contribution < 1.29 is 19.4 Å². The van der Waals surface area contributed by atoms with Crippen LogP contribution in [0.3, 0.4) is 0 Å². The van der Waals surface area contributed by atoms with Crippen molar-refractivity contribution in [1.82, 2.24) is 0 Å². The van der Waals surface area contributed by atoms with Crippen molar-refractivity contribution in [2.45, 2.75) is 20.0 Å². The van der Waals surface area contributed by atoms with Crippen molar-refractivity contribution >= 4 is 5.97 Å². The normalized spacial score (nSPS) is 12.9. The maximum atomic E-state index is 10.2. The Labute approximate surface area is 66.1 Å². The standard InChI is InChI=1S/C7H14O4/c1-3-10-4-5-11-6(2)7(8)9/h6H,3-5H2,1-2H3,(H,8,9)/t6-/m1/s1. The van der Waals surface area contributed by atoms with Crippen LogP contribution in [0.25, 0.3) is 0 Å². The largest absolute Gasteiger partial charge is 0.479 e. The van der Waals surface area contributed by atoms with Crippen molar-refractivity contribution in [2.75, 3.05) is 19.8 Å². The van der Waals surface area contributed by atoms with Crippen molar-refractivity contribution in [3.05, 3.63) is 0 Å². The smallest absolute Gasteiger partial charge is 0.332 e. The van der Waals surface area contributed by atoms with Gasteiger partial charge in [-0.15, -0.1) is 0 Å². The van der Waals surface area contributed by atoms with Gasteiger partial charge in [-0.05, 0) is 13.8 Å². The molecule has 11 heavy (non-hydrogen) atoms. The molecule has 0 aliphatic rings. The summed E-state index contributed by atoms with van der Waals surface area (Å²) in [5, 5.41) is 8.37. The Hall–Kier alpha value is -0.610.